The van der Waals surface area contributed by atoms with E-state index in [-0.39, 0.29) is 23.8 Å². The van der Waals surface area contributed by atoms with Gasteiger partial charge in [0.15, 0.2) is 0 Å². The molecule has 1 aliphatic heterocycles. The summed E-state index contributed by atoms with van der Waals surface area (Å²) >= 11 is 0. The quantitative estimate of drug-likeness (QED) is 0.176. The monoisotopic (exact) mass is 420 g/mol. The van der Waals surface area contributed by atoms with E-state index in [0.29, 0.717) is 36.6 Å². The van der Waals surface area contributed by atoms with Gasteiger partial charge in [-0.3, -0.25) is 4.55 Å². The van der Waals surface area contributed by atoms with Gasteiger partial charge in [0.05, 0.1) is 17.7 Å². The van der Waals surface area contributed by atoms with Crippen LogP contribution in [0.25, 0.3) is 0 Å². The van der Waals surface area contributed by atoms with Crippen molar-refractivity contribution in [2.45, 2.75) is 25.1 Å². The Labute approximate surface area is 174 Å². The molecule has 0 aliphatic carbocycles. The molecule has 0 bridgehead atoms. The molecular formula is C16H24B4O8S. The number of esters is 2. The Balaban J connectivity index is 2.52. The summed E-state index contributed by atoms with van der Waals surface area (Å²) in [4.78, 5) is 25.7. The van der Waals surface area contributed by atoms with Crippen molar-refractivity contribution in [2.75, 3.05) is 25.6 Å². The lowest BCUT2D eigenvalue weighted by Gasteiger charge is -2.23. The summed E-state index contributed by atoms with van der Waals surface area (Å²) in [7, 11) is 3.34. The molecule has 1 saturated heterocycles. The summed E-state index contributed by atoms with van der Waals surface area (Å²) in [5.41, 5.74) is 3.58. The van der Waals surface area contributed by atoms with Crippen LogP contribution < -0.4 is 5.46 Å². The van der Waals surface area contributed by atoms with Crippen LogP contribution in [-0.4, -0.2) is 88.0 Å². The van der Waals surface area contributed by atoms with Gasteiger partial charge in [-0.2, -0.15) is 8.42 Å². The van der Waals surface area contributed by atoms with Gasteiger partial charge in [0, 0.05) is 0 Å². The lowest BCUT2D eigenvalue weighted by Crippen LogP contribution is -2.31. The first kappa shape index (κ1) is 23.6. The Kier molecular flexibility index (Phi) is 8.02. The fraction of sp³-hybridized carbons (Fsp3) is 0.500. The number of hydrogen-bond donors (Lipinski definition) is 1. The topological polar surface area (TPSA) is 119 Å². The van der Waals surface area contributed by atoms with E-state index in [2.05, 4.69) is 0 Å². The van der Waals surface area contributed by atoms with E-state index in [4.69, 9.17) is 18.8 Å². The van der Waals surface area contributed by atoms with Crippen LogP contribution in [0.15, 0.2) is 0 Å². The number of hydrogen-bond acceptors (Lipinski definition) is 7. The third kappa shape index (κ3) is 5.90. The Morgan fingerprint density at radius 1 is 1.00 bits per heavy atom. The van der Waals surface area contributed by atoms with E-state index in [9.17, 15) is 18.0 Å². The van der Waals surface area contributed by atoms with Crippen molar-refractivity contribution in [1.82, 2.24) is 0 Å². The van der Waals surface area contributed by atoms with Crippen LogP contribution in [-0.2, 0) is 43.3 Å². The second-order valence-corrected chi connectivity index (χ2v) is 8.42. The molecular weight excluding hydrogens is 395 g/mol. The molecule has 1 N–H and O–H groups in total. The van der Waals surface area contributed by atoms with Gasteiger partial charge in [0.1, 0.15) is 56.5 Å². The van der Waals surface area contributed by atoms with Crippen molar-refractivity contribution in [1.29, 1.82) is 0 Å². The predicted octanol–water partition coefficient (Wildman–Crippen LogP) is -4.06. The summed E-state index contributed by atoms with van der Waals surface area (Å²) in [6.45, 7) is 0.126. The van der Waals surface area contributed by atoms with Gasteiger partial charge in [0.2, 0.25) is 0 Å². The van der Waals surface area contributed by atoms with Crippen molar-refractivity contribution < 1.29 is 36.8 Å². The zero-order chi connectivity index (χ0) is 21.8. The first-order valence-electron chi connectivity index (χ1n) is 9.72. The van der Waals surface area contributed by atoms with E-state index in [1.54, 1.807) is 7.85 Å². The third-order valence-electron chi connectivity index (χ3n) is 4.95. The molecule has 2 rings (SSSR count). The van der Waals surface area contributed by atoms with Crippen LogP contribution in [0.4, 0.5) is 0 Å². The van der Waals surface area contributed by atoms with E-state index < -0.39 is 34.4 Å². The summed E-state index contributed by atoms with van der Waals surface area (Å²) in [6.07, 6.45) is 1.73. The standard InChI is InChI=1S/C16H24B4O8S/c17-3-9-10(4-18)12(15(21)26-1-2-29(23,24)25)13(14(20)11(9)5-19)16(22)28-7-8-6-27-8/h8H,1-7,17-20H2,(H,23,24,25). The molecule has 0 saturated carbocycles. The Morgan fingerprint density at radius 3 is 2.03 bits per heavy atom. The molecule has 8 nitrogen and oxygen atoms in total. The van der Waals surface area contributed by atoms with Gasteiger partial charge < -0.3 is 14.2 Å². The average molecular weight is 420 g/mol. The molecule has 1 heterocycles. The molecule has 1 unspecified atom stereocenters. The average Bonchev–Trinajstić information content (AvgIpc) is 3.48. The normalized spacial score (nSPS) is 15.7. The molecule has 154 valence electrons. The molecule has 29 heavy (non-hydrogen) atoms. The van der Waals surface area contributed by atoms with Crippen molar-refractivity contribution >= 4 is 58.9 Å². The fourth-order valence-corrected chi connectivity index (χ4v) is 3.84. The van der Waals surface area contributed by atoms with Crippen molar-refractivity contribution in [3.8, 4) is 0 Å². The van der Waals surface area contributed by atoms with Crippen LogP contribution in [0.2, 0.25) is 0 Å². The third-order valence-corrected chi connectivity index (χ3v) is 5.64. The van der Waals surface area contributed by atoms with E-state index in [0.717, 1.165) is 11.1 Å². The fourth-order valence-electron chi connectivity index (χ4n) is 3.54. The van der Waals surface area contributed by atoms with Gasteiger partial charge in [-0.15, -0.1) is 0 Å². The highest BCUT2D eigenvalue weighted by atomic mass is 32.2. The lowest BCUT2D eigenvalue weighted by atomic mass is 9.70. The zero-order valence-corrected chi connectivity index (χ0v) is 18.1. The van der Waals surface area contributed by atoms with E-state index in [1.807, 2.05) is 23.5 Å². The number of benzene rings is 1. The second kappa shape index (κ2) is 9.86. The molecule has 1 aromatic rings. The molecule has 0 spiro atoms. The van der Waals surface area contributed by atoms with Crippen LogP contribution in [0.5, 0.6) is 0 Å². The number of ether oxygens (including phenoxy) is 3. The SMILES string of the molecule is BCc1c(B)c(C(=O)OCC2CO2)c(C(=O)OCCS(=O)(=O)O)c(CB)c1CB. The first-order chi connectivity index (χ1) is 13.6. The van der Waals surface area contributed by atoms with Crippen molar-refractivity contribution in [3.63, 3.8) is 0 Å². The highest BCUT2D eigenvalue weighted by molar-refractivity contribution is 7.85. The smallest absolute Gasteiger partial charge is 0.339 e. The van der Waals surface area contributed by atoms with E-state index >= 15 is 0 Å². The maximum atomic E-state index is 12.9. The summed E-state index contributed by atoms with van der Waals surface area (Å²) in [6, 6.07) is 0. The second-order valence-electron chi connectivity index (χ2n) is 6.85. The number of carbonyl (C=O) groups is 2. The van der Waals surface area contributed by atoms with Crippen LogP contribution >= 0.6 is 0 Å². The van der Waals surface area contributed by atoms with Gasteiger partial charge in [-0.1, -0.05) is 35.6 Å². The summed E-state index contributed by atoms with van der Waals surface area (Å²) in [5.74, 6) is -2.15. The number of epoxide rings is 1. The molecule has 0 radical (unpaired) electrons. The molecule has 1 aromatic carbocycles. The summed E-state index contributed by atoms with van der Waals surface area (Å²) in [5, 5.41) is 0. The molecule has 1 atom stereocenters. The zero-order valence-electron chi connectivity index (χ0n) is 17.2. The molecule has 1 fully saturated rings. The largest absolute Gasteiger partial charge is 0.461 e. The van der Waals surface area contributed by atoms with Crippen LogP contribution in [0, 0.1) is 0 Å². The van der Waals surface area contributed by atoms with Gasteiger partial charge in [-0.25, -0.2) is 9.59 Å². The van der Waals surface area contributed by atoms with Crippen LogP contribution in [0.3, 0.4) is 0 Å². The maximum absolute atomic E-state index is 12.9. The number of rotatable bonds is 10. The minimum atomic E-state index is -4.27. The van der Waals surface area contributed by atoms with Gasteiger partial charge in [-0.05, 0) is 5.56 Å². The van der Waals surface area contributed by atoms with Crippen molar-refractivity contribution in [3.05, 3.63) is 27.8 Å². The predicted molar refractivity (Wildman–Crippen MR) is 118 cm³/mol. The first-order valence-corrected chi connectivity index (χ1v) is 11.3. The van der Waals surface area contributed by atoms with Crippen molar-refractivity contribution in [2.24, 2.45) is 0 Å². The molecule has 0 amide bonds. The minimum Gasteiger partial charge on any atom is -0.461 e. The lowest BCUT2D eigenvalue weighted by molar-refractivity contribution is 0.0449. The Morgan fingerprint density at radius 2 is 1.55 bits per heavy atom. The number of carbonyl (C=O) groups excluding carboxylic acids is 2. The molecule has 13 heteroatoms. The molecule has 1 aliphatic rings. The summed E-state index contributed by atoms with van der Waals surface area (Å²) < 4.78 is 46.2. The Hall–Kier alpha value is -1.71. The Bertz CT molecular complexity index is 899. The maximum Gasteiger partial charge on any atom is 0.339 e. The minimum absolute atomic E-state index is 0.105. The highest BCUT2D eigenvalue weighted by Gasteiger charge is 2.31. The van der Waals surface area contributed by atoms with Gasteiger partial charge in [0.25, 0.3) is 10.1 Å². The van der Waals surface area contributed by atoms with Gasteiger partial charge >= 0.3 is 11.9 Å². The molecule has 0 aromatic heterocycles. The van der Waals surface area contributed by atoms with E-state index in [1.165, 1.54) is 0 Å². The van der Waals surface area contributed by atoms with Crippen LogP contribution in [0.1, 0.15) is 37.4 Å². The highest BCUT2D eigenvalue weighted by Crippen LogP contribution is 2.25.